The number of nitrogens with two attached hydrogens (primary N) is 1. The smallest absolute Gasteiger partial charge is 0.220 e. The van der Waals surface area contributed by atoms with Gasteiger partial charge in [-0.1, -0.05) is 53.4 Å². The zero-order chi connectivity index (χ0) is 18.2. The van der Waals surface area contributed by atoms with Gasteiger partial charge < -0.3 is 16.0 Å². The molecule has 0 aliphatic rings. The van der Waals surface area contributed by atoms with E-state index in [2.05, 4.69) is 43.0 Å². The highest BCUT2D eigenvalue weighted by Gasteiger charge is 2.23. The Balaban J connectivity index is 2.64. The van der Waals surface area contributed by atoms with Crippen molar-refractivity contribution >= 4 is 11.8 Å². The number of aromatic nitrogens is 2. The molecular weight excluding hydrogens is 304 g/mol. The second-order valence-corrected chi connectivity index (χ2v) is 7.39. The van der Waals surface area contributed by atoms with Gasteiger partial charge in [-0.25, -0.2) is 4.98 Å². The van der Waals surface area contributed by atoms with E-state index in [1.807, 2.05) is 0 Å². The lowest BCUT2D eigenvalue weighted by Gasteiger charge is -2.17. The molecule has 0 aliphatic heterocycles. The predicted molar refractivity (Wildman–Crippen MR) is 95.4 cm³/mol. The molecule has 4 N–H and O–H groups in total. The van der Waals surface area contributed by atoms with Crippen LogP contribution in [0.4, 0.5) is 0 Å². The lowest BCUT2D eigenvalue weighted by Crippen LogP contribution is -2.32. The van der Waals surface area contributed by atoms with Crippen molar-refractivity contribution in [3.05, 3.63) is 17.7 Å². The number of H-pyrrole nitrogens is 1. The number of amides is 2. The van der Waals surface area contributed by atoms with Crippen LogP contribution in [0.25, 0.3) is 0 Å². The van der Waals surface area contributed by atoms with Gasteiger partial charge >= 0.3 is 0 Å². The number of hydrogen-bond donors (Lipinski definition) is 3. The van der Waals surface area contributed by atoms with E-state index < -0.39 is 11.9 Å². The Morgan fingerprint density at radius 2 is 1.92 bits per heavy atom. The summed E-state index contributed by atoms with van der Waals surface area (Å²) in [4.78, 5) is 31.0. The number of primary amides is 1. The molecule has 0 aliphatic carbocycles. The summed E-state index contributed by atoms with van der Waals surface area (Å²) in [5.41, 5.74) is 6.20. The van der Waals surface area contributed by atoms with Crippen LogP contribution in [0.5, 0.6) is 0 Å². The number of aromatic amines is 1. The largest absolute Gasteiger partial charge is 0.370 e. The van der Waals surface area contributed by atoms with E-state index in [0.717, 1.165) is 25.0 Å². The average Bonchev–Trinajstić information content (AvgIpc) is 2.95. The highest BCUT2D eigenvalue weighted by molar-refractivity contribution is 5.79. The van der Waals surface area contributed by atoms with Crippen molar-refractivity contribution in [1.29, 1.82) is 0 Å². The van der Waals surface area contributed by atoms with Gasteiger partial charge in [0.05, 0.1) is 12.5 Å². The third-order valence-electron chi connectivity index (χ3n) is 3.98. The minimum Gasteiger partial charge on any atom is -0.370 e. The number of hydrogen-bond acceptors (Lipinski definition) is 3. The Morgan fingerprint density at radius 1 is 1.25 bits per heavy atom. The first kappa shape index (κ1) is 20.2. The number of rotatable bonds is 10. The molecule has 1 rings (SSSR count). The van der Waals surface area contributed by atoms with Gasteiger partial charge in [-0.3, -0.25) is 9.59 Å². The monoisotopic (exact) mass is 336 g/mol. The first-order valence-corrected chi connectivity index (χ1v) is 8.87. The van der Waals surface area contributed by atoms with Crippen molar-refractivity contribution in [2.45, 2.75) is 84.1 Å². The molecule has 0 saturated heterocycles. The molecule has 136 valence electrons. The first-order valence-electron chi connectivity index (χ1n) is 8.87. The van der Waals surface area contributed by atoms with Crippen molar-refractivity contribution in [2.75, 3.05) is 0 Å². The highest BCUT2D eigenvalue weighted by atomic mass is 16.2. The maximum absolute atomic E-state index is 12.1. The van der Waals surface area contributed by atoms with Gasteiger partial charge in [-0.15, -0.1) is 0 Å². The Hall–Kier alpha value is -1.85. The quantitative estimate of drug-likeness (QED) is 0.572. The maximum atomic E-state index is 12.1. The van der Waals surface area contributed by atoms with Crippen LogP contribution in [0.3, 0.4) is 0 Å². The summed E-state index contributed by atoms with van der Waals surface area (Å²) >= 11 is 0. The number of nitrogens with zero attached hydrogens (tertiary/aromatic N) is 1. The fourth-order valence-corrected chi connectivity index (χ4v) is 2.47. The summed E-state index contributed by atoms with van der Waals surface area (Å²) in [6, 6.07) is -0.498. The molecule has 24 heavy (non-hydrogen) atoms. The van der Waals surface area contributed by atoms with Gasteiger partial charge in [0.1, 0.15) is 5.82 Å². The Bertz CT molecular complexity index is 531. The summed E-state index contributed by atoms with van der Waals surface area (Å²) in [5, 5.41) is 2.89. The molecule has 1 aromatic rings. The van der Waals surface area contributed by atoms with Crippen LogP contribution in [-0.4, -0.2) is 21.8 Å². The lowest BCUT2D eigenvalue weighted by atomic mass is 9.93. The number of nitrogens with one attached hydrogen (secondary N) is 2. The van der Waals surface area contributed by atoms with Crippen molar-refractivity contribution in [2.24, 2.45) is 5.73 Å². The fraction of sp³-hybridized carbons (Fsp3) is 0.722. The van der Waals surface area contributed by atoms with Gasteiger partial charge in [0.25, 0.3) is 0 Å². The summed E-state index contributed by atoms with van der Waals surface area (Å²) in [6.45, 7) is 8.38. The van der Waals surface area contributed by atoms with Gasteiger partial charge in [0.15, 0.2) is 0 Å². The SMILES string of the molecule is CCCCCCCC(=O)N[C@H](CC(N)=O)c1ncc(C(C)(C)C)[nH]1. The second-order valence-electron chi connectivity index (χ2n) is 7.39. The molecule has 0 bridgehead atoms. The Kier molecular flexibility index (Phi) is 7.95. The zero-order valence-electron chi connectivity index (χ0n) is 15.4. The van der Waals surface area contributed by atoms with Crippen molar-refractivity contribution in [1.82, 2.24) is 15.3 Å². The molecule has 1 atom stereocenters. The van der Waals surface area contributed by atoms with Crippen LogP contribution in [0, 0.1) is 0 Å². The van der Waals surface area contributed by atoms with Crippen LogP contribution in [0.1, 0.15) is 90.2 Å². The first-order chi connectivity index (χ1) is 11.2. The van der Waals surface area contributed by atoms with E-state index in [9.17, 15) is 9.59 Å². The molecule has 0 saturated carbocycles. The van der Waals surface area contributed by atoms with Gasteiger partial charge in [-0.2, -0.15) is 0 Å². The summed E-state index contributed by atoms with van der Waals surface area (Å²) in [6.07, 6.45) is 7.71. The summed E-state index contributed by atoms with van der Waals surface area (Å²) < 4.78 is 0. The Labute approximate surface area is 145 Å². The molecule has 0 radical (unpaired) electrons. The van der Waals surface area contributed by atoms with Crippen LogP contribution in [0.2, 0.25) is 0 Å². The molecule has 6 heteroatoms. The maximum Gasteiger partial charge on any atom is 0.220 e. The minimum absolute atomic E-state index is 0.0403. The third-order valence-corrected chi connectivity index (χ3v) is 3.98. The third kappa shape index (κ3) is 7.15. The minimum atomic E-state index is -0.498. The molecule has 1 aromatic heterocycles. The normalized spacial score (nSPS) is 12.8. The Morgan fingerprint density at radius 3 is 2.46 bits per heavy atom. The molecule has 0 unspecified atom stereocenters. The topological polar surface area (TPSA) is 101 Å². The van der Waals surface area contributed by atoms with E-state index in [0.29, 0.717) is 12.2 Å². The van der Waals surface area contributed by atoms with Crippen LogP contribution in [-0.2, 0) is 15.0 Å². The van der Waals surface area contributed by atoms with E-state index >= 15 is 0 Å². The molecule has 0 fully saturated rings. The number of imidazole rings is 1. The highest BCUT2D eigenvalue weighted by Crippen LogP contribution is 2.22. The van der Waals surface area contributed by atoms with Crippen LogP contribution in [0.15, 0.2) is 6.20 Å². The second kappa shape index (κ2) is 9.45. The number of carbonyl (C=O) groups is 2. The van der Waals surface area contributed by atoms with Gasteiger partial charge in [0, 0.05) is 23.7 Å². The van der Waals surface area contributed by atoms with Crippen LogP contribution >= 0.6 is 0 Å². The van der Waals surface area contributed by atoms with E-state index in [1.165, 1.54) is 12.8 Å². The number of unbranched alkanes of at least 4 members (excludes halogenated alkanes) is 4. The molecule has 0 spiro atoms. The summed E-state index contributed by atoms with van der Waals surface area (Å²) in [7, 11) is 0. The molecule has 2 amide bonds. The summed E-state index contributed by atoms with van der Waals surface area (Å²) in [5.74, 6) is 0.0569. The fourth-order valence-electron chi connectivity index (χ4n) is 2.47. The molecule has 0 aromatic carbocycles. The van der Waals surface area contributed by atoms with Crippen molar-refractivity contribution < 1.29 is 9.59 Å². The molecule has 6 nitrogen and oxygen atoms in total. The predicted octanol–water partition coefficient (Wildman–Crippen LogP) is 3.10. The standard InChI is InChI=1S/C18H32N4O2/c1-5-6-7-8-9-10-16(24)21-13(11-15(19)23)17-20-12-14(22-17)18(2,3)4/h12-13H,5-11H2,1-4H3,(H2,19,23)(H,20,22)(H,21,24)/t13-/m1/s1. The van der Waals surface area contributed by atoms with Gasteiger partial charge in [-0.05, 0) is 6.42 Å². The van der Waals surface area contributed by atoms with Crippen molar-refractivity contribution in [3.8, 4) is 0 Å². The van der Waals surface area contributed by atoms with Crippen LogP contribution < -0.4 is 11.1 Å². The van der Waals surface area contributed by atoms with E-state index in [-0.39, 0.29) is 17.7 Å². The zero-order valence-corrected chi connectivity index (χ0v) is 15.4. The molecular formula is C18H32N4O2. The van der Waals surface area contributed by atoms with E-state index in [4.69, 9.17) is 5.73 Å². The lowest BCUT2D eigenvalue weighted by molar-refractivity contribution is -0.122. The van der Waals surface area contributed by atoms with Crippen molar-refractivity contribution in [3.63, 3.8) is 0 Å². The number of carbonyl (C=O) groups excluding carboxylic acids is 2. The van der Waals surface area contributed by atoms with E-state index in [1.54, 1.807) is 6.20 Å². The van der Waals surface area contributed by atoms with Gasteiger partial charge in [0.2, 0.25) is 11.8 Å². The average molecular weight is 336 g/mol. The molecule has 1 heterocycles.